The molecule has 0 aromatic carbocycles. The van der Waals surface area contributed by atoms with Crippen molar-refractivity contribution in [1.29, 1.82) is 0 Å². The molecule has 0 spiro atoms. The Morgan fingerprint density at radius 3 is 2.57 bits per heavy atom. The third-order valence-corrected chi connectivity index (χ3v) is 3.38. The largest absolute Gasteiger partial charge is 0.314 e. The zero-order valence-corrected chi connectivity index (χ0v) is 9.81. The van der Waals surface area contributed by atoms with E-state index in [1.165, 1.54) is 37.7 Å². The van der Waals surface area contributed by atoms with Crippen molar-refractivity contribution in [3.05, 3.63) is 12.2 Å². The molecular formula is C13H25N. The molecule has 1 nitrogen and oxygen atoms in total. The summed E-state index contributed by atoms with van der Waals surface area (Å²) in [6.07, 6.45) is 8.32. The summed E-state index contributed by atoms with van der Waals surface area (Å²) in [7, 11) is 0. The lowest BCUT2D eigenvalue weighted by atomic mass is 9.84. The molecule has 0 saturated heterocycles. The minimum absolute atomic E-state index is 0.703. The van der Waals surface area contributed by atoms with Crippen molar-refractivity contribution in [2.24, 2.45) is 5.92 Å². The quantitative estimate of drug-likeness (QED) is 0.662. The van der Waals surface area contributed by atoms with Crippen LogP contribution in [-0.2, 0) is 0 Å². The van der Waals surface area contributed by atoms with Gasteiger partial charge in [0.2, 0.25) is 0 Å². The Labute approximate surface area is 89.0 Å². The summed E-state index contributed by atoms with van der Waals surface area (Å²) >= 11 is 0. The highest BCUT2D eigenvalue weighted by molar-refractivity contribution is 4.89. The van der Waals surface area contributed by atoms with Gasteiger partial charge in [0.05, 0.1) is 0 Å². The van der Waals surface area contributed by atoms with Gasteiger partial charge in [-0.25, -0.2) is 0 Å². The maximum atomic E-state index is 3.92. The molecule has 1 aliphatic rings. The fourth-order valence-corrected chi connectivity index (χ4v) is 2.31. The molecule has 1 rings (SSSR count). The Kier molecular flexibility index (Phi) is 5.24. The van der Waals surface area contributed by atoms with Crippen molar-refractivity contribution >= 4 is 0 Å². The maximum absolute atomic E-state index is 3.92. The summed E-state index contributed by atoms with van der Waals surface area (Å²) in [6, 6.07) is 0.703. The molecule has 82 valence electrons. The smallest absolute Gasteiger partial charge is 0.00671 e. The van der Waals surface area contributed by atoms with Gasteiger partial charge in [0.1, 0.15) is 0 Å². The van der Waals surface area contributed by atoms with Crippen LogP contribution in [0.15, 0.2) is 12.2 Å². The Hall–Kier alpha value is -0.300. The van der Waals surface area contributed by atoms with E-state index < -0.39 is 0 Å². The highest BCUT2D eigenvalue weighted by Crippen LogP contribution is 2.26. The average Bonchev–Trinajstić information content (AvgIpc) is 2.18. The van der Waals surface area contributed by atoms with E-state index in [1.807, 2.05) is 0 Å². The number of hydrogen-bond donors (Lipinski definition) is 1. The van der Waals surface area contributed by atoms with Crippen molar-refractivity contribution in [1.82, 2.24) is 5.32 Å². The van der Waals surface area contributed by atoms with Crippen LogP contribution in [0.25, 0.3) is 0 Å². The lowest BCUT2D eigenvalue weighted by Crippen LogP contribution is -2.35. The van der Waals surface area contributed by atoms with Gasteiger partial charge < -0.3 is 5.32 Å². The van der Waals surface area contributed by atoms with E-state index in [0.29, 0.717) is 6.04 Å². The molecule has 0 bridgehead atoms. The SMILES string of the molecule is C=C(C)CCN[C@H](C)C1CCCCC1. The van der Waals surface area contributed by atoms with Gasteiger partial charge in [-0.05, 0) is 45.6 Å². The first kappa shape index (κ1) is 11.8. The first-order chi connectivity index (χ1) is 6.70. The van der Waals surface area contributed by atoms with Crippen LogP contribution < -0.4 is 5.32 Å². The van der Waals surface area contributed by atoms with Crippen LogP contribution in [0, 0.1) is 5.92 Å². The molecule has 14 heavy (non-hydrogen) atoms. The van der Waals surface area contributed by atoms with Crippen LogP contribution in [0.5, 0.6) is 0 Å². The van der Waals surface area contributed by atoms with Gasteiger partial charge in [0, 0.05) is 6.04 Å². The summed E-state index contributed by atoms with van der Waals surface area (Å²) in [5.74, 6) is 0.925. The van der Waals surface area contributed by atoms with Crippen molar-refractivity contribution in [2.45, 2.75) is 58.4 Å². The van der Waals surface area contributed by atoms with Gasteiger partial charge >= 0.3 is 0 Å². The molecule has 1 atom stereocenters. The van der Waals surface area contributed by atoms with Gasteiger partial charge in [0.25, 0.3) is 0 Å². The summed E-state index contributed by atoms with van der Waals surface area (Å²) in [5, 5.41) is 3.62. The van der Waals surface area contributed by atoms with E-state index in [-0.39, 0.29) is 0 Å². The zero-order chi connectivity index (χ0) is 10.4. The molecule has 1 aliphatic carbocycles. The van der Waals surface area contributed by atoms with Crippen molar-refractivity contribution in [2.75, 3.05) is 6.54 Å². The normalized spacial score (nSPS) is 20.7. The fourth-order valence-electron chi connectivity index (χ4n) is 2.31. The monoisotopic (exact) mass is 195 g/mol. The standard InChI is InChI=1S/C13H25N/c1-11(2)9-10-14-12(3)13-7-5-4-6-8-13/h12-14H,1,4-10H2,2-3H3/t12-/m1/s1. The van der Waals surface area contributed by atoms with Gasteiger partial charge in [0.15, 0.2) is 0 Å². The first-order valence-electron chi connectivity index (χ1n) is 6.08. The lowest BCUT2D eigenvalue weighted by Gasteiger charge is -2.28. The topological polar surface area (TPSA) is 12.0 Å². The fraction of sp³-hybridized carbons (Fsp3) is 0.846. The predicted molar refractivity (Wildman–Crippen MR) is 63.5 cm³/mol. The summed E-state index contributed by atoms with van der Waals surface area (Å²) in [6.45, 7) is 9.47. The molecular weight excluding hydrogens is 170 g/mol. The zero-order valence-electron chi connectivity index (χ0n) is 9.81. The highest BCUT2D eigenvalue weighted by Gasteiger charge is 2.18. The summed E-state index contributed by atoms with van der Waals surface area (Å²) < 4.78 is 0. The third-order valence-electron chi connectivity index (χ3n) is 3.38. The van der Waals surface area contributed by atoms with Gasteiger partial charge in [-0.15, -0.1) is 6.58 Å². The van der Waals surface area contributed by atoms with Crippen LogP contribution in [0.2, 0.25) is 0 Å². The average molecular weight is 195 g/mol. The summed E-state index contributed by atoms with van der Waals surface area (Å²) in [5.41, 5.74) is 1.29. The molecule has 1 heteroatoms. The second-order valence-electron chi connectivity index (χ2n) is 4.85. The molecule has 0 heterocycles. The molecule has 1 saturated carbocycles. The van der Waals surface area contributed by atoms with Crippen LogP contribution in [0.4, 0.5) is 0 Å². The summed E-state index contributed by atoms with van der Waals surface area (Å²) in [4.78, 5) is 0. The number of rotatable bonds is 5. The molecule has 0 radical (unpaired) electrons. The molecule has 0 aromatic heterocycles. The van der Waals surface area contributed by atoms with Crippen LogP contribution in [0.1, 0.15) is 52.4 Å². The van der Waals surface area contributed by atoms with Gasteiger partial charge in [-0.2, -0.15) is 0 Å². The second kappa shape index (κ2) is 6.23. The molecule has 0 unspecified atom stereocenters. The van der Waals surface area contributed by atoms with Crippen LogP contribution in [0.3, 0.4) is 0 Å². The van der Waals surface area contributed by atoms with Gasteiger partial charge in [-0.1, -0.05) is 24.8 Å². The Morgan fingerprint density at radius 2 is 2.00 bits per heavy atom. The lowest BCUT2D eigenvalue weighted by molar-refractivity contribution is 0.283. The molecule has 1 fully saturated rings. The van der Waals surface area contributed by atoms with Crippen molar-refractivity contribution < 1.29 is 0 Å². The van der Waals surface area contributed by atoms with Crippen LogP contribution >= 0.6 is 0 Å². The first-order valence-corrected chi connectivity index (χ1v) is 6.08. The van der Waals surface area contributed by atoms with Gasteiger partial charge in [-0.3, -0.25) is 0 Å². The van der Waals surface area contributed by atoms with E-state index in [4.69, 9.17) is 0 Å². The minimum Gasteiger partial charge on any atom is -0.314 e. The Bertz CT molecular complexity index is 168. The highest BCUT2D eigenvalue weighted by atomic mass is 14.9. The van der Waals surface area contributed by atoms with E-state index in [1.54, 1.807) is 0 Å². The maximum Gasteiger partial charge on any atom is 0.00671 e. The molecule has 0 amide bonds. The van der Waals surface area contributed by atoms with E-state index >= 15 is 0 Å². The Balaban J connectivity index is 2.13. The Morgan fingerprint density at radius 1 is 1.36 bits per heavy atom. The van der Waals surface area contributed by atoms with E-state index in [9.17, 15) is 0 Å². The van der Waals surface area contributed by atoms with E-state index in [2.05, 4.69) is 25.7 Å². The van der Waals surface area contributed by atoms with Crippen molar-refractivity contribution in [3.8, 4) is 0 Å². The number of nitrogens with one attached hydrogen (secondary N) is 1. The van der Waals surface area contributed by atoms with Crippen LogP contribution in [-0.4, -0.2) is 12.6 Å². The minimum atomic E-state index is 0.703. The molecule has 0 aliphatic heterocycles. The van der Waals surface area contributed by atoms with Crippen molar-refractivity contribution in [3.63, 3.8) is 0 Å². The molecule has 1 N–H and O–H groups in total. The van der Waals surface area contributed by atoms with E-state index in [0.717, 1.165) is 18.9 Å². The second-order valence-corrected chi connectivity index (χ2v) is 4.85. The predicted octanol–water partition coefficient (Wildman–Crippen LogP) is 3.51. The molecule has 0 aromatic rings. The third kappa shape index (κ3) is 4.28. The number of hydrogen-bond acceptors (Lipinski definition) is 1.